The second kappa shape index (κ2) is 5.87. The predicted octanol–water partition coefficient (Wildman–Crippen LogP) is 2.42. The fraction of sp³-hybridized carbons (Fsp3) is 0.500. The quantitative estimate of drug-likeness (QED) is 0.643. The van der Waals surface area contributed by atoms with Crippen LogP contribution in [-0.4, -0.2) is 25.6 Å². The van der Waals surface area contributed by atoms with Crippen molar-refractivity contribution in [2.75, 3.05) is 19.5 Å². The molecule has 1 saturated heterocycles. The van der Waals surface area contributed by atoms with Gasteiger partial charge in [-0.25, -0.2) is 0 Å². The number of carbonyl (C=O) groups excluding carboxylic acids is 1. The predicted molar refractivity (Wildman–Crippen MR) is 69.9 cm³/mol. The van der Waals surface area contributed by atoms with Gasteiger partial charge >= 0.3 is 0 Å². The first-order valence-electron chi connectivity index (χ1n) is 6.29. The summed E-state index contributed by atoms with van der Waals surface area (Å²) in [7, 11) is 1.58. The van der Waals surface area contributed by atoms with E-state index < -0.39 is 0 Å². The normalized spacial score (nSPS) is 18.8. The van der Waals surface area contributed by atoms with E-state index in [1.54, 1.807) is 25.3 Å². The smallest absolute Gasteiger partial charge is 0.165 e. The standard InChI is InChI=1S/C14H19NO3/c1-17-11-4-6-12(13(15)9-11)14(16)7-5-10-3-2-8-18-10/h4,6,9-10H,2-3,5,7-8,15H2,1H3. The van der Waals surface area contributed by atoms with Crippen molar-refractivity contribution in [2.45, 2.75) is 31.8 Å². The maximum Gasteiger partial charge on any atom is 0.165 e. The van der Waals surface area contributed by atoms with Gasteiger partial charge in [0.15, 0.2) is 5.78 Å². The van der Waals surface area contributed by atoms with Gasteiger partial charge in [0.1, 0.15) is 5.75 Å². The summed E-state index contributed by atoms with van der Waals surface area (Å²) in [5, 5.41) is 0. The minimum Gasteiger partial charge on any atom is -0.497 e. The molecule has 0 saturated carbocycles. The van der Waals surface area contributed by atoms with E-state index in [4.69, 9.17) is 15.2 Å². The number of benzene rings is 1. The lowest BCUT2D eigenvalue weighted by Gasteiger charge is -2.10. The van der Waals surface area contributed by atoms with Gasteiger partial charge in [-0.1, -0.05) is 0 Å². The van der Waals surface area contributed by atoms with Crippen molar-refractivity contribution >= 4 is 11.5 Å². The molecule has 1 aliphatic rings. The van der Waals surface area contributed by atoms with Crippen LogP contribution in [-0.2, 0) is 4.74 Å². The van der Waals surface area contributed by atoms with Crippen LogP contribution in [0.1, 0.15) is 36.0 Å². The average Bonchev–Trinajstić information content (AvgIpc) is 2.88. The molecule has 18 heavy (non-hydrogen) atoms. The van der Waals surface area contributed by atoms with Gasteiger partial charge in [-0.3, -0.25) is 4.79 Å². The fourth-order valence-electron chi connectivity index (χ4n) is 2.22. The van der Waals surface area contributed by atoms with Crippen LogP contribution >= 0.6 is 0 Å². The number of nitrogen functional groups attached to an aromatic ring is 1. The highest BCUT2D eigenvalue weighted by Gasteiger charge is 2.18. The Morgan fingerprint density at radius 1 is 1.56 bits per heavy atom. The highest BCUT2D eigenvalue weighted by Crippen LogP contribution is 2.23. The first-order valence-corrected chi connectivity index (χ1v) is 6.29. The van der Waals surface area contributed by atoms with Gasteiger partial charge in [0.05, 0.1) is 13.2 Å². The molecule has 1 fully saturated rings. The van der Waals surface area contributed by atoms with Crippen LogP contribution in [0.3, 0.4) is 0 Å². The van der Waals surface area contributed by atoms with Crippen LogP contribution in [0.4, 0.5) is 5.69 Å². The van der Waals surface area contributed by atoms with Gasteiger partial charge in [-0.2, -0.15) is 0 Å². The van der Waals surface area contributed by atoms with E-state index in [0.717, 1.165) is 25.9 Å². The highest BCUT2D eigenvalue weighted by molar-refractivity contribution is 6.00. The fourth-order valence-corrected chi connectivity index (χ4v) is 2.22. The molecule has 0 spiro atoms. The van der Waals surface area contributed by atoms with E-state index in [1.165, 1.54) is 0 Å². The average molecular weight is 249 g/mol. The Kier molecular flexibility index (Phi) is 4.20. The Labute approximate surface area is 107 Å². The molecule has 2 N–H and O–H groups in total. The number of carbonyl (C=O) groups is 1. The van der Waals surface area contributed by atoms with Crippen LogP contribution in [0.15, 0.2) is 18.2 Å². The molecule has 1 unspecified atom stereocenters. The molecule has 1 aromatic rings. The second-order valence-electron chi connectivity index (χ2n) is 4.55. The zero-order valence-corrected chi connectivity index (χ0v) is 10.6. The largest absolute Gasteiger partial charge is 0.497 e. The Balaban J connectivity index is 1.95. The molecule has 4 heteroatoms. The van der Waals surface area contributed by atoms with Crippen molar-refractivity contribution < 1.29 is 14.3 Å². The van der Waals surface area contributed by atoms with Crippen LogP contribution in [0.2, 0.25) is 0 Å². The Hall–Kier alpha value is -1.55. The number of anilines is 1. The van der Waals surface area contributed by atoms with Gasteiger partial charge in [-0.05, 0) is 31.4 Å². The summed E-state index contributed by atoms with van der Waals surface area (Å²) in [6, 6.07) is 5.17. The van der Waals surface area contributed by atoms with E-state index in [2.05, 4.69) is 0 Å². The Morgan fingerprint density at radius 3 is 3.00 bits per heavy atom. The van der Waals surface area contributed by atoms with Crippen molar-refractivity contribution in [3.05, 3.63) is 23.8 Å². The number of nitrogens with two attached hydrogens (primary N) is 1. The lowest BCUT2D eigenvalue weighted by molar-refractivity contribution is 0.0860. The van der Waals surface area contributed by atoms with Crippen molar-refractivity contribution in [3.63, 3.8) is 0 Å². The molecule has 98 valence electrons. The molecule has 1 aliphatic heterocycles. The topological polar surface area (TPSA) is 61.5 Å². The summed E-state index contributed by atoms with van der Waals surface area (Å²) in [4.78, 5) is 12.0. The minimum absolute atomic E-state index is 0.0747. The van der Waals surface area contributed by atoms with Crippen LogP contribution in [0, 0.1) is 0 Å². The van der Waals surface area contributed by atoms with Gasteiger partial charge in [0.25, 0.3) is 0 Å². The molecule has 0 aliphatic carbocycles. The van der Waals surface area contributed by atoms with Crippen molar-refractivity contribution in [2.24, 2.45) is 0 Å². The highest BCUT2D eigenvalue weighted by atomic mass is 16.5. The third-order valence-electron chi connectivity index (χ3n) is 3.28. The summed E-state index contributed by atoms with van der Waals surface area (Å²) in [5.74, 6) is 0.744. The molecular formula is C14H19NO3. The zero-order valence-electron chi connectivity index (χ0n) is 10.6. The Bertz CT molecular complexity index is 425. The summed E-state index contributed by atoms with van der Waals surface area (Å²) in [6.07, 6.45) is 3.67. The van der Waals surface area contributed by atoms with Gasteiger partial charge in [0, 0.05) is 30.3 Å². The lowest BCUT2D eigenvalue weighted by atomic mass is 10.0. The first kappa shape index (κ1) is 12.9. The second-order valence-corrected chi connectivity index (χ2v) is 4.55. The van der Waals surface area contributed by atoms with E-state index in [-0.39, 0.29) is 11.9 Å². The number of hydrogen-bond donors (Lipinski definition) is 1. The minimum atomic E-state index is 0.0747. The summed E-state index contributed by atoms with van der Waals surface area (Å²) in [6.45, 7) is 0.823. The summed E-state index contributed by atoms with van der Waals surface area (Å²) in [5.41, 5.74) is 6.91. The lowest BCUT2D eigenvalue weighted by Crippen LogP contribution is -2.10. The number of Topliss-reactive ketones (excluding diaryl/α,β-unsaturated/α-hetero) is 1. The van der Waals surface area contributed by atoms with E-state index in [1.807, 2.05) is 0 Å². The number of rotatable bonds is 5. The number of ether oxygens (including phenoxy) is 2. The summed E-state index contributed by atoms with van der Waals surface area (Å²) < 4.78 is 10.6. The SMILES string of the molecule is COc1ccc(C(=O)CCC2CCCO2)c(N)c1. The maximum absolute atomic E-state index is 12.0. The van der Waals surface area contributed by atoms with Gasteiger partial charge in [-0.15, -0.1) is 0 Å². The van der Waals surface area contributed by atoms with Gasteiger partial charge < -0.3 is 15.2 Å². The third-order valence-corrected chi connectivity index (χ3v) is 3.28. The molecule has 0 amide bonds. The third kappa shape index (κ3) is 3.01. The molecule has 0 aromatic heterocycles. The summed E-state index contributed by atoms with van der Waals surface area (Å²) >= 11 is 0. The molecule has 0 radical (unpaired) electrons. The number of hydrogen-bond acceptors (Lipinski definition) is 4. The van der Waals surface area contributed by atoms with Crippen molar-refractivity contribution in [1.82, 2.24) is 0 Å². The number of methoxy groups -OCH3 is 1. The van der Waals surface area contributed by atoms with Gasteiger partial charge in [0.2, 0.25) is 0 Å². The van der Waals surface area contributed by atoms with Crippen molar-refractivity contribution in [1.29, 1.82) is 0 Å². The molecule has 1 atom stereocenters. The van der Waals surface area contributed by atoms with Crippen LogP contribution < -0.4 is 10.5 Å². The number of ketones is 1. The zero-order chi connectivity index (χ0) is 13.0. The van der Waals surface area contributed by atoms with E-state index in [9.17, 15) is 4.79 Å². The van der Waals surface area contributed by atoms with E-state index >= 15 is 0 Å². The van der Waals surface area contributed by atoms with Crippen LogP contribution in [0.25, 0.3) is 0 Å². The molecule has 0 bridgehead atoms. The molecule has 1 heterocycles. The Morgan fingerprint density at radius 2 is 2.39 bits per heavy atom. The monoisotopic (exact) mass is 249 g/mol. The maximum atomic E-state index is 12.0. The van der Waals surface area contributed by atoms with Crippen LogP contribution in [0.5, 0.6) is 5.75 Å². The first-order chi connectivity index (χ1) is 8.70. The van der Waals surface area contributed by atoms with E-state index in [0.29, 0.717) is 23.4 Å². The molecule has 1 aromatic carbocycles. The van der Waals surface area contributed by atoms with Crippen molar-refractivity contribution in [3.8, 4) is 5.75 Å². The molecular weight excluding hydrogens is 230 g/mol. The molecule has 2 rings (SSSR count). The molecule has 4 nitrogen and oxygen atoms in total.